The summed E-state index contributed by atoms with van der Waals surface area (Å²) in [5.41, 5.74) is 3.63. The third-order valence-electron chi connectivity index (χ3n) is 5.59. The van der Waals surface area contributed by atoms with Crippen molar-refractivity contribution in [2.45, 2.75) is 32.0 Å². The Bertz CT molecular complexity index is 770. The van der Waals surface area contributed by atoms with Crippen LogP contribution < -0.4 is 10.6 Å². The quantitative estimate of drug-likeness (QED) is 0.775. The summed E-state index contributed by atoms with van der Waals surface area (Å²) < 4.78 is 5.44. The molecule has 5 heteroatoms. The number of ether oxygens (including phenoxy) is 1. The topological polar surface area (TPSA) is 53.6 Å². The average molecular weight is 380 g/mol. The van der Waals surface area contributed by atoms with Gasteiger partial charge in [-0.2, -0.15) is 0 Å². The Morgan fingerprint density at radius 1 is 1.00 bits per heavy atom. The maximum atomic E-state index is 12.6. The van der Waals surface area contributed by atoms with Crippen LogP contribution in [0.1, 0.15) is 35.6 Å². The smallest absolute Gasteiger partial charge is 0.315 e. The van der Waals surface area contributed by atoms with Crippen molar-refractivity contribution < 1.29 is 9.53 Å². The van der Waals surface area contributed by atoms with Crippen LogP contribution in [-0.4, -0.2) is 37.2 Å². The molecule has 5 nitrogen and oxygen atoms in total. The Morgan fingerprint density at radius 2 is 1.68 bits per heavy atom. The molecule has 1 unspecified atom stereocenters. The Hall–Kier alpha value is -2.37. The van der Waals surface area contributed by atoms with Gasteiger partial charge in [-0.25, -0.2) is 4.79 Å². The minimum absolute atomic E-state index is 0.0954. The normalized spacial score (nSPS) is 18.4. The van der Waals surface area contributed by atoms with Gasteiger partial charge >= 0.3 is 6.03 Å². The molecule has 2 aliphatic rings. The van der Waals surface area contributed by atoms with Gasteiger partial charge in [0.05, 0.1) is 19.3 Å². The summed E-state index contributed by atoms with van der Waals surface area (Å²) in [5, 5.41) is 6.26. The summed E-state index contributed by atoms with van der Waals surface area (Å²) in [7, 11) is 0. The number of hydrogen-bond acceptors (Lipinski definition) is 3. The van der Waals surface area contributed by atoms with Crippen LogP contribution in [0.2, 0.25) is 0 Å². The largest absolute Gasteiger partial charge is 0.379 e. The number of amides is 2. The maximum absolute atomic E-state index is 12.6. The summed E-state index contributed by atoms with van der Waals surface area (Å²) in [6.07, 6.45) is 2.37. The molecule has 1 atom stereocenters. The van der Waals surface area contributed by atoms with Crippen molar-refractivity contribution in [1.82, 2.24) is 15.5 Å². The van der Waals surface area contributed by atoms with E-state index < -0.39 is 0 Å². The number of rotatable bonds is 7. The van der Waals surface area contributed by atoms with Crippen LogP contribution in [0.25, 0.3) is 0 Å². The first kappa shape index (κ1) is 19.0. The standard InChI is InChI=1S/C23H29N3O2/c27-23(25-22(19-10-11-19)18-6-2-1-3-7-18)24-16-20-8-4-5-9-21(20)17-26-12-14-28-15-13-26/h1-9,19,22H,10-17H2,(H2,24,25,27). The van der Waals surface area contributed by atoms with E-state index in [0.29, 0.717) is 12.5 Å². The molecule has 148 valence electrons. The molecule has 2 amide bonds. The molecule has 2 fully saturated rings. The Labute approximate surface area is 167 Å². The monoisotopic (exact) mass is 379 g/mol. The van der Waals surface area contributed by atoms with Crippen LogP contribution in [0.5, 0.6) is 0 Å². The van der Waals surface area contributed by atoms with Gasteiger partial charge in [-0.05, 0) is 35.4 Å². The summed E-state index contributed by atoms with van der Waals surface area (Å²) >= 11 is 0. The van der Waals surface area contributed by atoms with Crippen molar-refractivity contribution in [3.63, 3.8) is 0 Å². The molecule has 1 heterocycles. The first-order valence-corrected chi connectivity index (χ1v) is 10.3. The number of benzene rings is 2. The van der Waals surface area contributed by atoms with Crippen molar-refractivity contribution in [2.75, 3.05) is 26.3 Å². The molecule has 1 saturated carbocycles. The van der Waals surface area contributed by atoms with Gasteiger partial charge in [-0.15, -0.1) is 0 Å². The summed E-state index contributed by atoms with van der Waals surface area (Å²) in [5.74, 6) is 0.557. The third-order valence-corrected chi connectivity index (χ3v) is 5.59. The van der Waals surface area contributed by atoms with Gasteiger partial charge in [-0.1, -0.05) is 54.6 Å². The number of morpholine rings is 1. The van der Waals surface area contributed by atoms with Crippen molar-refractivity contribution >= 4 is 6.03 Å². The van der Waals surface area contributed by atoms with Gasteiger partial charge in [-0.3, -0.25) is 4.90 Å². The van der Waals surface area contributed by atoms with E-state index >= 15 is 0 Å². The Kier molecular flexibility index (Phi) is 6.24. The second-order valence-corrected chi connectivity index (χ2v) is 7.71. The fourth-order valence-electron chi connectivity index (χ4n) is 3.82. The van der Waals surface area contributed by atoms with Crippen LogP contribution in [0.15, 0.2) is 54.6 Å². The molecule has 1 aliphatic carbocycles. The lowest BCUT2D eigenvalue weighted by Gasteiger charge is -2.27. The molecule has 0 bridgehead atoms. The minimum Gasteiger partial charge on any atom is -0.379 e. The molecule has 4 rings (SSSR count). The summed E-state index contributed by atoms with van der Waals surface area (Å²) in [6.45, 7) is 4.95. The third kappa shape index (κ3) is 5.12. The SMILES string of the molecule is O=C(NCc1ccccc1CN1CCOCC1)NC(c1ccccc1)C1CC1. The Balaban J connectivity index is 1.34. The van der Waals surface area contributed by atoms with E-state index in [-0.39, 0.29) is 12.1 Å². The second kappa shape index (κ2) is 9.22. The Morgan fingerprint density at radius 3 is 2.39 bits per heavy atom. The molecule has 2 aromatic rings. The number of hydrogen-bond donors (Lipinski definition) is 2. The minimum atomic E-state index is -0.0954. The molecule has 0 aromatic heterocycles. The van der Waals surface area contributed by atoms with Crippen molar-refractivity contribution in [3.8, 4) is 0 Å². The molecule has 0 radical (unpaired) electrons. The second-order valence-electron chi connectivity index (χ2n) is 7.71. The van der Waals surface area contributed by atoms with E-state index in [4.69, 9.17) is 4.74 Å². The highest BCUT2D eigenvalue weighted by Crippen LogP contribution is 2.40. The van der Waals surface area contributed by atoms with Gasteiger partial charge in [0.25, 0.3) is 0 Å². The average Bonchev–Trinajstić information content (AvgIpc) is 3.58. The highest BCUT2D eigenvalue weighted by Gasteiger charge is 2.33. The van der Waals surface area contributed by atoms with E-state index in [1.165, 1.54) is 29.5 Å². The molecular weight excluding hydrogens is 350 g/mol. The zero-order chi connectivity index (χ0) is 19.2. The first-order chi connectivity index (χ1) is 13.8. The number of carbonyl (C=O) groups excluding carboxylic acids is 1. The lowest BCUT2D eigenvalue weighted by molar-refractivity contribution is 0.0341. The fraction of sp³-hybridized carbons (Fsp3) is 0.435. The molecular formula is C23H29N3O2. The van der Waals surface area contributed by atoms with E-state index in [1.54, 1.807) is 0 Å². The van der Waals surface area contributed by atoms with Gasteiger partial charge in [0, 0.05) is 26.2 Å². The fourth-order valence-corrected chi connectivity index (χ4v) is 3.82. The predicted octanol–water partition coefficient (Wildman–Crippen LogP) is 3.47. The van der Waals surface area contributed by atoms with E-state index in [9.17, 15) is 4.79 Å². The van der Waals surface area contributed by atoms with Crippen LogP contribution in [0, 0.1) is 5.92 Å². The highest BCUT2D eigenvalue weighted by molar-refractivity contribution is 5.74. The van der Waals surface area contributed by atoms with E-state index in [2.05, 4.69) is 45.9 Å². The maximum Gasteiger partial charge on any atom is 0.315 e. The van der Waals surface area contributed by atoms with Crippen molar-refractivity contribution in [1.29, 1.82) is 0 Å². The molecule has 0 spiro atoms. The molecule has 28 heavy (non-hydrogen) atoms. The molecule has 2 aromatic carbocycles. The number of carbonyl (C=O) groups is 1. The van der Waals surface area contributed by atoms with Crippen LogP contribution >= 0.6 is 0 Å². The number of nitrogens with one attached hydrogen (secondary N) is 2. The predicted molar refractivity (Wildman–Crippen MR) is 110 cm³/mol. The van der Waals surface area contributed by atoms with Crippen molar-refractivity contribution in [3.05, 3.63) is 71.3 Å². The van der Waals surface area contributed by atoms with Crippen LogP contribution in [0.4, 0.5) is 4.79 Å². The lowest BCUT2D eigenvalue weighted by atomic mass is 10.0. The molecule has 2 N–H and O–H groups in total. The van der Waals surface area contributed by atoms with Gasteiger partial charge < -0.3 is 15.4 Å². The highest BCUT2D eigenvalue weighted by atomic mass is 16.5. The zero-order valence-corrected chi connectivity index (χ0v) is 16.3. The van der Waals surface area contributed by atoms with Gasteiger partial charge in [0.15, 0.2) is 0 Å². The number of nitrogens with zero attached hydrogens (tertiary/aromatic N) is 1. The number of urea groups is 1. The van der Waals surface area contributed by atoms with Gasteiger partial charge in [0.1, 0.15) is 0 Å². The summed E-state index contributed by atoms with van der Waals surface area (Å²) in [4.78, 5) is 15.0. The molecule has 1 saturated heterocycles. The van der Waals surface area contributed by atoms with Crippen molar-refractivity contribution in [2.24, 2.45) is 5.92 Å². The van der Waals surface area contributed by atoms with E-state index in [0.717, 1.165) is 32.8 Å². The van der Waals surface area contributed by atoms with Crippen LogP contribution in [-0.2, 0) is 17.8 Å². The lowest BCUT2D eigenvalue weighted by Crippen LogP contribution is -2.39. The summed E-state index contributed by atoms with van der Waals surface area (Å²) in [6, 6.07) is 18.6. The van der Waals surface area contributed by atoms with Gasteiger partial charge in [0.2, 0.25) is 0 Å². The first-order valence-electron chi connectivity index (χ1n) is 10.3. The van der Waals surface area contributed by atoms with E-state index in [1.807, 2.05) is 24.3 Å². The zero-order valence-electron chi connectivity index (χ0n) is 16.3. The molecule has 1 aliphatic heterocycles. The van der Waals surface area contributed by atoms with Crippen LogP contribution in [0.3, 0.4) is 0 Å².